The first-order chi connectivity index (χ1) is 13.2. The zero-order valence-corrected chi connectivity index (χ0v) is 15.8. The predicted molar refractivity (Wildman–Crippen MR) is 107 cm³/mol. The van der Waals surface area contributed by atoms with Crippen LogP contribution in [0.1, 0.15) is 16.7 Å². The maximum Gasteiger partial charge on any atom is 0.224 e. The molecule has 3 aromatic rings. The summed E-state index contributed by atoms with van der Waals surface area (Å²) in [5.41, 5.74) is 3.51. The molecule has 27 heavy (non-hydrogen) atoms. The minimum Gasteiger partial charge on any atom is -0.493 e. The Kier molecular flexibility index (Phi) is 6.10. The summed E-state index contributed by atoms with van der Waals surface area (Å²) in [6.07, 6.45) is 1.74. The zero-order chi connectivity index (χ0) is 19.1. The number of anilines is 2. The lowest BCUT2D eigenvalue weighted by atomic mass is 10.1. The fraction of sp³-hybridized carbons (Fsp3) is 0.238. The predicted octanol–water partition coefficient (Wildman–Crippen LogP) is 4.03. The van der Waals surface area contributed by atoms with Gasteiger partial charge in [-0.1, -0.05) is 35.9 Å². The summed E-state index contributed by atoms with van der Waals surface area (Å²) in [4.78, 5) is 8.79. The number of rotatable bonds is 8. The maximum absolute atomic E-state index is 5.34. The molecule has 0 bridgehead atoms. The molecule has 0 radical (unpaired) electrons. The van der Waals surface area contributed by atoms with E-state index in [2.05, 4.69) is 51.8 Å². The Balaban J connectivity index is 1.60. The van der Waals surface area contributed by atoms with Crippen molar-refractivity contribution in [3.8, 4) is 11.5 Å². The van der Waals surface area contributed by atoms with Gasteiger partial charge in [0.15, 0.2) is 11.5 Å². The van der Waals surface area contributed by atoms with E-state index in [4.69, 9.17) is 9.47 Å². The van der Waals surface area contributed by atoms with E-state index >= 15 is 0 Å². The molecule has 1 heterocycles. The molecule has 0 aliphatic heterocycles. The van der Waals surface area contributed by atoms with Gasteiger partial charge in [0.05, 0.1) is 14.2 Å². The molecule has 0 amide bonds. The van der Waals surface area contributed by atoms with Gasteiger partial charge in [0.2, 0.25) is 5.95 Å². The van der Waals surface area contributed by atoms with E-state index < -0.39 is 0 Å². The van der Waals surface area contributed by atoms with Crippen LogP contribution in [0.4, 0.5) is 11.8 Å². The lowest BCUT2D eigenvalue weighted by Crippen LogP contribution is -2.07. The van der Waals surface area contributed by atoms with E-state index in [1.54, 1.807) is 20.4 Å². The van der Waals surface area contributed by atoms with Crippen molar-refractivity contribution in [1.29, 1.82) is 0 Å². The molecule has 2 N–H and O–H groups in total. The lowest BCUT2D eigenvalue weighted by molar-refractivity contribution is 0.354. The Morgan fingerprint density at radius 3 is 2.41 bits per heavy atom. The first-order valence-electron chi connectivity index (χ1n) is 8.75. The Hall–Kier alpha value is -3.28. The van der Waals surface area contributed by atoms with Gasteiger partial charge in [-0.3, -0.25) is 0 Å². The second-order valence-electron chi connectivity index (χ2n) is 6.15. The molecule has 0 atom stereocenters. The molecule has 0 unspecified atom stereocenters. The Labute approximate surface area is 159 Å². The highest BCUT2D eigenvalue weighted by molar-refractivity contribution is 5.45. The van der Waals surface area contributed by atoms with Gasteiger partial charge in [-0.05, 0) is 36.2 Å². The van der Waals surface area contributed by atoms with Crippen LogP contribution in [0.5, 0.6) is 11.5 Å². The summed E-state index contributed by atoms with van der Waals surface area (Å²) in [5, 5.41) is 6.57. The quantitative estimate of drug-likeness (QED) is 0.629. The number of hydrogen-bond donors (Lipinski definition) is 2. The Bertz CT molecular complexity index is 899. The van der Waals surface area contributed by atoms with Crippen LogP contribution in [0, 0.1) is 6.92 Å². The second-order valence-corrected chi connectivity index (χ2v) is 6.15. The van der Waals surface area contributed by atoms with E-state index in [9.17, 15) is 0 Å². The highest BCUT2D eigenvalue weighted by Gasteiger charge is 2.05. The average molecular weight is 364 g/mol. The van der Waals surface area contributed by atoms with Crippen LogP contribution < -0.4 is 20.1 Å². The summed E-state index contributed by atoms with van der Waals surface area (Å²) < 4.78 is 10.6. The summed E-state index contributed by atoms with van der Waals surface area (Å²) in [6.45, 7) is 3.39. The van der Waals surface area contributed by atoms with Crippen LogP contribution in [0.2, 0.25) is 0 Å². The summed E-state index contributed by atoms with van der Waals surface area (Å²) in [6, 6.07) is 16.1. The first-order valence-corrected chi connectivity index (χ1v) is 8.75. The van der Waals surface area contributed by atoms with Crippen molar-refractivity contribution in [3.63, 3.8) is 0 Å². The second kappa shape index (κ2) is 8.89. The monoisotopic (exact) mass is 364 g/mol. The van der Waals surface area contributed by atoms with Crippen LogP contribution in [0.15, 0.2) is 54.7 Å². The number of nitrogens with zero attached hydrogens (tertiary/aromatic N) is 2. The smallest absolute Gasteiger partial charge is 0.224 e. The van der Waals surface area contributed by atoms with Crippen molar-refractivity contribution >= 4 is 11.8 Å². The number of hydrogen-bond acceptors (Lipinski definition) is 6. The van der Waals surface area contributed by atoms with E-state index in [1.165, 1.54) is 11.1 Å². The van der Waals surface area contributed by atoms with E-state index in [0.717, 1.165) is 11.4 Å². The van der Waals surface area contributed by atoms with Gasteiger partial charge in [-0.15, -0.1) is 0 Å². The first kappa shape index (κ1) is 18.5. The summed E-state index contributed by atoms with van der Waals surface area (Å²) >= 11 is 0. The topological polar surface area (TPSA) is 68.3 Å². The van der Waals surface area contributed by atoms with Gasteiger partial charge in [0.25, 0.3) is 0 Å². The molecular formula is C21H24N4O2. The van der Waals surface area contributed by atoms with Gasteiger partial charge < -0.3 is 20.1 Å². The van der Waals surface area contributed by atoms with Crippen LogP contribution in [-0.2, 0) is 13.1 Å². The molecule has 0 saturated heterocycles. The van der Waals surface area contributed by atoms with E-state index in [1.807, 2.05) is 24.3 Å². The molecule has 0 aliphatic rings. The molecule has 0 fully saturated rings. The molecule has 140 valence electrons. The number of aryl methyl sites for hydroxylation is 1. The molecule has 0 spiro atoms. The van der Waals surface area contributed by atoms with Crippen molar-refractivity contribution in [1.82, 2.24) is 9.97 Å². The summed E-state index contributed by atoms with van der Waals surface area (Å²) in [5.74, 6) is 2.76. The number of benzene rings is 2. The van der Waals surface area contributed by atoms with E-state index in [-0.39, 0.29) is 0 Å². The van der Waals surface area contributed by atoms with Crippen LogP contribution in [0.3, 0.4) is 0 Å². The van der Waals surface area contributed by atoms with Crippen molar-refractivity contribution in [3.05, 3.63) is 71.4 Å². The Morgan fingerprint density at radius 1 is 0.852 bits per heavy atom. The van der Waals surface area contributed by atoms with Crippen molar-refractivity contribution in [2.75, 3.05) is 24.9 Å². The molecule has 6 heteroatoms. The number of nitrogens with one attached hydrogen (secondary N) is 2. The van der Waals surface area contributed by atoms with Crippen LogP contribution in [0.25, 0.3) is 0 Å². The molecule has 6 nitrogen and oxygen atoms in total. The lowest BCUT2D eigenvalue weighted by Gasteiger charge is -2.11. The molecular weight excluding hydrogens is 340 g/mol. The standard InChI is InChI=1S/C21H24N4O2/c1-15-5-4-6-16(11-15)13-23-20-9-10-22-21(25-20)24-14-17-7-8-18(26-2)19(12-17)27-3/h4-12H,13-14H2,1-3H3,(H2,22,23,24,25). The highest BCUT2D eigenvalue weighted by atomic mass is 16.5. The van der Waals surface area contributed by atoms with Gasteiger partial charge >= 0.3 is 0 Å². The van der Waals surface area contributed by atoms with Gasteiger partial charge in [-0.2, -0.15) is 4.98 Å². The molecule has 1 aromatic heterocycles. The minimum absolute atomic E-state index is 0.569. The normalized spacial score (nSPS) is 10.3. The molecule has 3 rings (SSSR count). The van der Waals surface area contributed by atoms with Gasteiger partial charge in [0.1, 0.15) is 5.82 Å². The van der Waals surface area contributed by atoms with Gasteiger partial charge in [-0.25, -0.2) is 4.98 Å². The minimum atomic E-state index is 0.569. The molecule has 2 aromatic carbocycles. The fourth-order valence-corrected chi connectivity index (χ4v) is 2.73. The number of methoxy groups -OCH3 is 2. The van der Waals surface area contributed by atoms with E-state index in [0.29, 0.717) is 30.5 Å². The number of ether oxygens (including phenoxy) is 2. The average Bonchev–Trinajstić information content (AvgIpc) is 2.71. The highest BCUT2D eigenvalue weighted by Crippen LogP contribution is 2.27. The third-order valence-corrected chi connectivity index (χ3v) is 4.11. The fourth-order valence-electron chi connectivity index (χ4n) is 2.73. The van der Waals surface area contributed by atoms with Crippen molar-refractivity contribution in [2.24, 2.45) is 0 Å². The zero-order valence-electron chi connectivity index (χ0n) is 15.8. The largest absolute Gasteiger partial charge is 0.493 e. The Morgan fingerprint density at radius 2 is 1.63 bits per heavy atom. The molecule has 0 aliphatic carbocycles. The van der Waals surface area contributed by atoms with Crippen LogP contribution in [-0.4, -0.2) is 24.2 Å². The van der Waals surface area contributed by atoms with Crippen molar-refractivity contribution < 1.29 is 9.47 Å². The summed E-state index contributed by atoms with van der Waals surface area (Å²) in [7, 11) is 3.25. The third kappa shape index (κ3) is 5.10. The number of aromatic nitrogens is 2. The van der Waals surface area contributed by atoms with Crippen LogP contribution >= 0.6 is 0 Å². The van der Waals surface area contributed by atoms with Crippen molar-refractivity contribution in [2.45, 2.75) is 20.0 Å². The molecule has 0 saturated carbocycles. The van der Waals surface area contributed by atoms with Gasteiger partial charge in [0, 0.05) is 19.3 Å². The SMILES string of the molecule is COc1ccc(CNc2nccc(NCc3cccc(C)c3)n2)cc1OC. The third-order valence-electron chi connectivity index (χ3n) is 4.11. The maximum atomic E-state index is 5.34.